The summed E-state index contributed by atoms with van der Waals surface area (Å²) in [4.78, 5) is 9.10. The number of nitrogens with zero attached hydrogens (tertiary/aromatic N) is 2. The summed E-state index contributed by atoms with van der Waals surface area (Å²) in [5.41, 5.74) is 5.75. The Morgan fingerprint density at radius 1 is 1.28 bits per heavy atom. The van der Waals surface area contributed by atoms with E-state index in [1.54, 1.807) is 18.7 Å². The fourth-order valence-electron chi connectivity index (χ4n) is 1.38. The number of rotatable bonds is 3. The molecule has 0 fully saturated rings. The maximum absolute atomic E-state index is 13.3. The fraction of sp³-hybridized carbons (Fsp3) is 0.167. The van der Waals surface area contributed by atoms with Crippen molar-refractivity contribution in [3.63, 3.8) is 0 Å². The van der Waals surface area contributed by atoms with Crippen molar-refractivity contribution in [1.82, 2.24) is 9.97 Å². The van der Waals surface area contributed by atoms with Crippen LogP contribution in [-0.2, 0) is 5.75 Å². The highest BCUT2D eigenvalue weighted by atomic mass is 79.9. The molecule has 0 aliphatic rings. The van der Waals surface area contributed by atoms with Crippen molar-refractivity contribution < 1.29 is 4.39 Å². The SMILES string of the molecule is Cc1nc(CSc2ccc(Br)cc2)nc(N)c1F. The highest BCUT2D eigenvalue weighted by Gasteiger charge is 2.08. The van der Waals surface area contributed by atoms with Gasteiger partial charge in [-0.2, -0.15) is 0 Å². The standard InChI is InChI=1S/C12H11BrFN3S/c1-7-11(14)12(15)17-10(16-7)6-18-9-4-2-8(13)3-5-9/h2-5H,6H2,1H3,(H2,15,16,17). The zero-order chi connectivity index (χ0) is 13.1. The predicted octanol–water partition coefficient (Wildman–Crippen LogP) is 3.56. The molecule has 2 aromatic rings. The van der Waals surface area contributed by atoms with E-state index in [1.807, 2.05) is 24.3 Å². The fourth-order valence-corrected chi connectivity index (χ4v) is 2.40. The first-order valence-corrected chi connectivity index (χ1v) is 7.01. The first-order chi connectivity index (χ1) is 8.56. The van der Waals surface area contributed by atoms with Crippen molar-refractivity contribution in [3.8, 4) is 0 Å². The van der Waals surface area contributed by atoms with Crippen molar-refractivity contribution in [1.29, 1.82) is 0 Å². The van der Waals surface area contributed by atoms with Gasteiger partial charge < -0.3 is 5.73 Å². The van der Waals surface area contributed by atoms with Crippen LogP contribution in [0.25, 0.3) is 0 Å². The van der Waals surface area contributed by atoms with Gasteiger partial charge in [0.05, 0.1) is 11.4 Å². The number of hydrogen-bond donors (Lipinski definition) is 1. The smallest absolute Gasteiger partial charge is 0.186 e. The number of hydrogen-bond acceptors (Lipinski definition) is 4. The van der Waals surface area contributed by atoms with E-state index in [2.05, 4.69) is 25.9 Å². The van der Waals surface area contributed by atoms with Crippen LogP contribution in [-0.4, -0.2) is 9.97 Å². The van der Waals surface area contributed by atoms with Gasteiger partial charge in [-0.3, -0.25) is 0 Å². The number of anilines is 1. The molecule has 0 aliphatic heterocycles. The maximum atomic E-state index is 13.3. The van der Waals surface area contributed by atoms with E-state index < -0.39 is 5.82 Å². The second kappa shape index (κ2) is 5.67. The molecule has 0 amide bonds. The third-order valence-corrected chi connectivity index (χ3v) is 3.81. The van der Waals surface area contributed by atoms with Gasteiger partial charge >= 0.3 is 0 Å². The molecule has 2 rings (SSSR count). The minimum Gasteiger partial charge on any atom is -0.381 e. The van der Waals surface area contributed by atoms with Gasteiger partial charge in [-0.25, -0.2) is 14.4 Å². The minimum atomic E-state index is -0.535. The Morgan fingerprint density at radius 3 is 2.56 bits per heavy atom. The molecule has 0 unspecified atom stereocenters. The second-order valence-electron chi connectivity index (χ2n) is 3.67. The quantitative estimate of drug-likeness (QED) is 0.876. The molecule has 0 spiro atoms. The number of aryl methyl sites for hydroxylation is 1. The molecule has 1 aromatic carbocycles. The van der Waals surface area contributed by atoms with Crippen LogP contribution in [0.5, 0.6) is 0 Å². The average molecular weight is 328 g/mol. The molecule has 94 valence electrons. The van der Waals surface area contributed by atoms with E-state index in [1.165, 1.54) is 0 Å². The lowest BCUT2D eigenvalue weighted by atomic mass is 10.4. The topological polar surface area (TPSA) is 51.8 Å². The lowest BCUT2D eigenvalue weighted by molar-refractivity contribution is 0.604. The third-order valence-electron chi connectivity index (χ3n) is 2.27. The molecule has 0 atom stereocenters. The van der Waals surface area contributed by atoms with E-state index in [0.29, 0.717) is 11.6 Å². The Kier molecular flexibility index (Phi) is 4.19. The highest BCUT2D eigenvalue weighted by Crippen LogP contribution is 2.24. The van der Waals surface area contributed by atoms with Gasteiger partial charge in [0, 0.05) is 9.37 Å². The molecule has 2 N–H and O–H groups in total. The predicted molar refractivity (Wildman–Crippen MR) is 74.8 cm³/mol. The molecule has 0 saturated heterocycles. The summed E-state index contributed by atoms with van der Waals surface area (Å²) >= 11 is 4.96. The molecule has 0 saturated carbocycles. The summed E-state index contributed by atoms with van der Waals surface area (Å²) in [6, 6.07) is 7.92. The maximum Gasteiger partial charge on any atom is 0.186 e. The molecule has 0 radical (unpaired) electrons. The summed E-state index contributed by atoms with van der Waals surface area (Å²) in [5, 5.41) is 0. The van der Waals surface area contributed by atoms with Gasteiger partial charge in [-0.05, 0) is 31.2 Å². The first kappa shape index (κ1) is 13.3. The van der Waals surface area contributed by atoms with Crippen molar-refractivity contribution in [2.45, 2.75) is 17.6 Å². The summed E-state index contributed by atoms with van der Waals surface area (Å²) in [6.45, 7) is 1.58. The number of nitrogens with two attached hydrogens (primary N) is 1. The Bertz CT molecular complexity index is 537. The molecular weight excluding hydrogens is 317 g/mol. The van der Waals surface area contributed by atoms with Gasteiger partial charge in [0.1, 0.15) is 5.82 Å². The van der Waals surface area contributed by atoms with E-state index in [4.69, 9.17) is 5.73 Å². The van der Waals surface area contributed by atoms with Crippen LogP contribution < -0.4 is 5.73 Å². The number of thioether (sulfide) groups is 1. The average Bonchev–Trinajstić information content (AvgIpc) is 2.35. The van der Waals surface area contributed by atoms with Crippen LogP contribution in [0.2, 0.25) is 0 Å². The van der Waals surface area contributed by atoms with Crippen LogP contribution in [0.1, 0.15) is 11.5 Å². The summed E-state index contributed by atoms with van der Waals surface area (Å²) < 4.78 is 14.3. The Balaban J connectivity index is 2.08. The summed E-state index contributed by atoms with van der Waals surface area (Å²) in [5.74, 6) is 0.480. The minimum absolute atomic E-state index is 0.0890. The molecular formula is C12H11BrFN3S. The Hall–Kier alpha value is -1.14. The van der Waals surface area contributed by atoms with Gasteiger partial charge in [-0.15, -0.1) is 11.8 Å². The monoisotopic (exact) mass is 327 g/mol. The molecule has 6 heteroatoms. The molecule has 1 aromatic heterocycles. The summed E-state index contributed by atoms with van der Waals surface area (Å²) in [7, 11) is 0. The van der Waals surface area contributed by atoms with Gasteiger partial charge in [-0.1, -0.05) is 15.9 Å². The first-order valence-electron chi connectivity index (χ1n) is 5.23. The molecule has 1 heterocycles. The normalized spacial score (nSPS) is 10.6. The lowest BCUT2D eigenvalue weighted by Gasteiger charge is -2.04. The number of nitrogen functional groups attached to an aromatic ring is 1. The van der Waals surface area contributed by atoms with Gasteiger partial charge in [0.2, 0.25) is 0 Å². The van der Waals surface area contributed by atoms with Crippen LogP contribution >= 0.6 is 27.7 Å². The largest absolute Gasteiger partial charge is 0.381 e. The van der Waals surface area contributed by atoms with Crippen molar-refractivity contribution in [2.24, 2.45) is 0 Å². The lowest BCUT2D eigenvalue weighted by Crippen LogP contribution is -2.04. The van der Waals surface area contributed by atoms with E-state index in [9.17, 15) is 4.39 Å². The van der Waals surface area contributed by atoms with E-state index in [0.717, 1.165) is 9.37 Å². The van der Waals surface area contributed by atoms with Gasteiger partial charge in [0.25, 0.3) is 0 Å². The van der Waals surface area contributed by atoms with Crippen LogP contribution in [0.15, 0.2) is 33.6 Å². The zero-order valence-electron chi connectivity index (χ0n) is 9.65. The van der Waals surface area contributed by atoms with Crippen molar-refractivity contribution in [2.75, 3.05) is 5.73 Å². The summed E-state index contributed by atoms with van der Waals surface area (Å²) in [6.07, 6.45) is 0. The molecule has 3 nitrogen and oxygen atoms in total. The number of benzene rings is 1. The molecule has 0 aliphatic carbocycles. The van der Waals surface area contributed by atoms with Crippen LogP contribution in [0.4, 0.5) is 10.2 Å². The van der Waals surface area contributed by atoms with E-state index in [-0.39, 0.29) is 11.5 Å². The highest BCUT2D eigenvalue weighted by molar-refractivity contribution is 9.10. The second-order valence-corrected chi connectivity index (χ2v) is 5.63. The van der Waals surface area contributed by atoms with Crippen LogP contribution in [0.3, 0.4) is 0 Å². The Morgan fingerprint density at radius 2 is 1.94 bits per heavy atom. The molecule has 18 heavy (non-hydrogen) atoms. The van der Waals surface area contributed by atoms with E-state index >= 15 is 0 Å². The Labute approximate surface area is 117 Å². The number of halogens is 2. The molecule has 0 bridgehead atoms. The third kappa shape index (κ3) is 3.20. The van der Waals surface area contributed by atoms with Crippen molar-refractivity contribution in [3.05, 3.63) is 46.1 Å². The zero-order valence-corrected chi connectivity index (χ0v) is 12.1. The van der Waals surface area contributed by atoms with Crippen molar-refractivity contribution >= 4 is 33.5 Å². The van der Waals surface area contributed by atoms with Crippen LogP contribution in [0, 0.1) is 12.7 Å². The number of aromatic nitrogens is 2. The van der Waals surface area contributed by atoms with Gasteiger partial charge in [0.15, 0.2) is 11.6 Å².